The Hall–Kier alpha value is -7.50. The van der Waals surface area contributed by atoms with Crippen LogP contribution in [0.3, 0.4) is 0 Å². The Bertz CT molecular complexity index is 2550. The zero-order valence-corrected chi connectivity index (χ0v) is 33.5. The van der Waals surface area contributed by atoms with Crippen molar-refractivity contribution in [2.45, 2.75) is 26.3 Å². The summed E-state index contributed by atoms with van der Waals surface area (Å²) in [5, 5.41) is 0. The predicted molar refractivity (Wildman–Crippen MR) is 246 cm³/mol. The molecular weight excluding hydrogens is 719 g/mol. The molecule has 9 aromatic rings. The van der Waals surface area contributed by atoms with Crippen molar-refractivity contribution in [3.05, 3.63) is 219 Å². The first kappa shape index (κ1) is 37.1. The highest BCUT2D eigenvalue weighted by molar-refractivity contribution is 5.82. The molecule has 9 rings (SSSR count). The lowest BCUT2D eigenvalue weighted by atomic mass is 10.0. The van der Waals surface area contributed by atoms with E-state index >= 15 is 0 Å². The fourth-order valence-corrected chi connectivity index (χ4v) is 7.92. The summed E-state index contributed by atoms with van der Waals surface area (Å²) in [7, 11) is 0. The molecule has 0 unspecified atom stereocenters. The van der Waals surface area contributed by atoms with Crippen LogP contribution in [0.5, 0.6) is 0 Å². The van der Waals surface area contributed by atoms with Crippen LogP contribution in [0.4, 0.5) is 34.1 Å². The van der Waals surface area contributed by atoms with Crippen molar-refractivity contribution >= 4 is 34.1 Å². The first-order valence-electron chi connectivity index (χ1n) is 20.1. The summed E-state index contributed by atoms with van der Waals surface area (Å²) < 4.78 is 2.46. The smallest absolute Gasteiger partial charge is 0.0492 e. The number of aromatic nitrogens is 3. The summed E-state index contributed by atoms with van der Waals surface area (Å²) in [4.78, 5) is 13.2. The Morgan fingerprint density at radius 2 is 0.576 bits per heavy atom. The van der Waals surface area contributed by atoms with Gasteiger partial charge in [0.15, 0.2) is 0 Å². The second kappa shape index (κ2) is 16.2. The molecule has 59 heavy (non-hydrogen) atoms. The number of pyridine rings is 2. The van der Waals surface area contributed by atoms with Gasteiger partial charge in [-0.15, -0.1) is 0 Å². The van der Waals surface area contributed by atoms with Crippen LogP contribution in [-0.2, 0) is 5.54 Å². The molecule has 0 aliphatic carbocycles. The summed E-state index contributed by atoms with van der Waals surface area (Å²) >= 11 is 0. The topological polar surface area (TPSA) is 37.2 Å². The Morgan fingerprint density at radius 1 is 0.305 bits per heavy atom. The van der Waals surface area contributed by atoms with Gasteiger partial charge in [-0.05, 0) is 139 Å². The normalized spacial score (nSPS) is 11.3. The van der Waals surface area contributed by atoms with E-state index in [0.29, 0.717) is 0 Å². The van der Waals surface area contributed by atoms with Gasteiger partial charge in [-0.25, -0.2) is 0 Å². The molecule has 0 saturated heterocycles. The Balaban J connectivity index is 1.03. The van der Waals surface area contributed by atoms with Crippen molar-refractivity contribution in [3.8, 4) is 44.8 Å². The molecule has 0 amide bonds. The second-order valence-corrected chi connectivity index (χ2v) is 15.6. The highest BCUT2D eigenvalue weighted by atomic mass is 15.1. The summed E-state index contributed by atoms with van der Waals surface area (Å²) in [6.45, 7) is 6.83. The average molecular weight is 764 g/mol. The molecule has 0 atom stereocenters. The van der Waals surface area contributed by atoms with Crippen LogP contribution in [0.2, 0.25) is 0 Å². The van der Waals surface area contributed by atoms with E-state index in [1.807, 2.05) is 24.8 Å². The molecule has 0 aliphatic heterocycles. The number of hydrogen-bond donors (Lipinski definition) is 0. The molecule has 0 N–H and O–H groups in total. The van der Waals surface area contributed by atoms with Crippen LogP contribution in [0.25, 0.3) is 44.8 Å². The third-order valence-corrected chi connectivity index (χ3v) is 10.7. The van der Waals surface area contributed by atoms with Crippen molar-refractivity contribution in [2.24, 2.45) is 0 Å². The highest BCUT2D eigenvalue weighted by Crippen LogP contribution is 2.41. The minimum absolute atomic E-state index is 0.182. The van der Waals surface area contributed by atoms with Gasteiger partial charge in [0.05, 0.1) is 0 Å². The van der Waals surface area contributed by atoms with Gasteiger partial charge in [-0.1, -0.05) is 109 Å². The van der Waals surface area contributed by atoms with Gasteiger partial charge in [0.1, 0.15) is 0 Å². The standard InChI is InChI=1S/C54H45N5/c1-54(2,3)59-52(44-18-26-48(27-19-44)57(50-32-36-55-37-33-50)46-22-14-42(15-23-46)40-10-6-4-7-11-40)30-31-53(59)45-20-28-49(29-21-45)58(51-34-38-56-39-35-51)47-24-16-43(17-25-47)41-12-8-5-9-13-41/h4-39H,1-3H3. The Kier molecular flexibility index (Phi) is 10.2. The Morgan fingerprint density at radius 3 is 0.881 bits per heavy atom. The molecule has 3 aromatic heterocycles. The number of nitrogens with zero attached hydrogens (tertiary/aromatic N) is 5. The molecule has 0 spiro atoms. The van der Waals surface area contributed by atoms with Crippen molar-refractivity contribution < 1.29 is 0 Å². The molecule has 0 radical (unpaired) electrons. The van der Waals surface area contributed by atoms with Crippen molar-refractivity contribution in [1.29, 1.82) is 0 Å². The molecule has 3 heterocycles. The van der Waals surface area contributed by atoms with Gasteiger partial charge < -0.3 is 14.4 Å². The largest absolute Gasteiger partial charge is 0.335 e. The maximum atomic E-state index is 4.30. The average Bonchev–Trinajstić information content (AvgIpc) is 3.76. The van der Waals surface area contributed by atoms with E-state index < -0.39 is 0 Å². The zero-order valence-electron chi connectivity index (χ0n) is 33.5. The lowest BCUT2D eigenvalue weighted by Crippen LogP contribution is -2.23. The van der Waals surface area contributed by atoms with Gasteiger partial charge in [0.25, 0.3) is 0 Å². The first-order chi connectivity index (χ1) is 28.9. The van der Waals surface area contributed by atoms with Crippen molar-refractivity contribution in [1.82, 2.24) is 14.5 Å². The molecule has 6 aromatic carbocycles. The maximum Gasteiger partial charge on any atom is 0.0492 e. The molecule has 0 aliphatic rings. The van der Waals surface area contributed by atoms with E-state index in [1.165, 1.54) is 33.6 Å². The van der Waals surface area contributed by atoms with Crippen molar-refractivity contribution in [2.75, 3.05) is 9.80 Å². The fraction of sp³-hybridized carbons (Fsp3) is 0.0741. The van der Waals surface area contributed by atoms with E-state index in [2.05, 4.69) is 239 Å². The highest BCUT2D eigenvalue weighted by Gasteiger charge is 2.23. The van der Waals surface area contributed by atoms with Crippen LogP contribution in [0, 0.1) is 0 Å². The van der Waals surface area contributed by atoms with Crippen LogP contribution in [0.15, 0.2) is 219 Å². The monoisotopic (exact) mass is 763 g/mol. The molecule has 5 heteroatoms. The van der Waals surface area contributed by atoms with Gasteiger partial charge >= 0.3 is 0 Å². The van der Waals surface area contributed by atoms with Gasteiger partial charge in [0, 0.05) is 75.8 Å². The SMILES string of the molecule is CC(C)(C)n1c(-c2ccc(N(c3ccncc3)c3ccc(-c4ccccc4)cc3)cc2)ccc1-c1ccc(N(c2ccncc2)c2ccc(-c3ccccc3)cc2)cc1. The number of benzene rings is 6. The second-order valence-electron chi connectivity index (χ2n) is 15.6. The number of rotatable bonds is 10. The summed E-state index contributed by atoms with van der Waals surface area (Å²) in [6, 6.07) is 69.1. The number of hydrogen-bond acceptors (Lipinski definition) is 4. The van der Waals surface area contributed by atoms with Gasteiger partial charge in [-0.2, -0.15) is 0 Å². The van der Waals surface area contributed by atoms with Crippen LogP contribution in [-0.4, -0.2) is 14.5 Å². The molecule has 0 fully saturated rings. The van der Waals surface area contributed by atoms with E-state index in [0.717, 1.165) is 45.3 Å². The van der Waals surface area contributed by atoms with E-state index in [1.54, 1.807) is 0 Å². The first-order valence-corrected chi connectivity index (χ1v) is 20.1. The number of anilines is 6. The molecule has 0 bridgehead atoms. The van der Waals surface area contributed by atoms with Gasteiger partial charge in [-0.3, -0.25) is 9.97 Å². The van der Waals surface area contributed by atoms with E-state index in [4.69, 9.17) is 0 Å². The molecule has 0 saturated carbocycles. The quantitative estimate of drug-likeness (QED) is 0.139. The van der Waals surface area contributed by atoms with E-state index in [9.17, 15) is 0 Å². The minimum Gasteiger partial charge on any atom is -0.335 e. The third kappa shape index (κ3) is 7.79. The molecule has 286 valence electrons. The maximum absolute atomic E-state index is 4.30. The molecule has 5 nitrogen and oxygen atoms in total. The minimum atomic E-state index is -0.182. The van der Waals surface area contributed by atoms with Gasteiger partial charge in [0.2, 0.25) is 0 Å². The van der Waals surface area contributed by atoms with Crippen LogP contribution in [0.1, 0.15) is 20.8 Å². The van der Waals surface area contributed by atoms with Crippen molar-refractivity contribution in [3.63, 3.8) is 0 Å². The molecular formula is C54H45N5. The predicted octanol–water partition coefficient (Wildman–Crippen LogP) is 14.6. The lowest BCUT2D eigenvalue weighted by molar-refractivity contribution is 0.407. The summed E-state index contributed by atoms with van der Waals surface area (Å²) in [6.07, 6.45) is 7.39. The zero-order chi connectivity index (χ0) is 40.2. The van der Waals surface area contributed by atoms with Crippen LogP contribution >= 0.6 is 0 Å². The lowest BCUT2D eigenvalue weighted by Gasteiger charge is -2.29. The van der Waals surface area contributed by atoms with E-state index in [-0.39, 0.29) is 5.54 Å². The van der Waals surface area contributed by atoms with Crippen LogP contribution < -0.4 is 9.80 Å². The fourth-order valence-electron chi connectivity index (χ4n) is 7.92. The Labute approximate surface area is 347 Å². The summed E-state index contributed by atoms with van der Waals surface area (Å²) in [5.41, 5.74) is 15.7. The summed E-state index contributed by atoms with van der Waals surface area (Å²) in [5.74, 6) is 0. The third-order valence-electron chi connectivity index (χ3n) is 10.7.